The Balaban J connectivity index is 1.08. The van der Waals surface area contributed by atoms with Gasteiger partial charge in [-0.25, -0.2) is 15.0 Å². The van der Waals surface area contributed by atoms with Crippen LogP contribution in [-0.4, -0.2) is 49.8 Å². The van der Waals surface area contributed by atoms with Gasteiger partial charge in [0.2, 0.25) is 0 Å². The standard InChI is InChI=1S/C28H28N8/c1-3-21(29-9-1)23-11-19(13-31-23)20-12-24-28(33-14-20)36-25(15-32-24)17-5-7-18(8-6-17)26-16-34-27(35-26)22-4-2-10-30-22/h5-8,12-16,21-22,29-30H,1-4,9-11H2,(H,34,35)/t21-,22-/m0/s1. The second-order valence-corrected chi connectivity index (χ2v) is 9.83. The highest BCUT2D eigenvalue weighted by atomic mass is 15.0. The van der Waals surface area contributed by atoms with Crippen LogP contribution in [0.25, 0.3) is 39.3 Å². The number of allylic oxidation sites excluding steroid dienone is 1. The summed E-state index contributed by atoms with van der Waals surface area (Å²) in [6.07, 6.45) is 13.2. The lowest BCUT2D eigenvalue weighted by Gasteiger charge is -2.11. The molecule has 8 heteroatoms. The number of aliphatic imine (C=N–C) groups is 1. The molecule has 7 rings (SSSR count). The number of aromatic amines is 1. The maximum atomic E-state index is 4.79. The number of pyridine rings is 1. The van der Waals surface area contributed by atoms with Crippen molar-refractivity contribution in [3.8, 4) is 22.5 Å². The minimum absolute atomic E-state index is 0.336. The van der Waals surface area contributed by atoms with E-state index in [-0.39, 0.29) is 0 Å². The van der Waals surface area contributed by atoms with Crippen LogP contribution in [0.4, 0.5) is 0 Å². The molecule has 180 valence electrons. The van der Waals surface area contributed by atoms with Crippen LogP contribution in [-0.2, 0) is 0 Å². The van der Waals surface area contributed by atoms with E-state index in [1.807, 2.05) is 24.8 Å². The quantitative estimate of drug-likeness (QED) is 0.393. The monoisotopic (exact) mass is 476 g/mol. The average molecular weight is 477 g/mol. The van der Waals surface area contributed by atoms with Crippen molar-refractivity contribution in [3.05, 3.63) is 66.5 Å². The number of hydrogen-bond donors (Lipinski definition) is 3. The van der Waals surface area contributed by atoms with E-state index >= 15 is 0 Å². The molecule has 0 radical (unpaired) electrons. The molecule has 6 heterocycles. The summed E-state index contributed by atoms with van der Waals surface area (Å²) >= 11 is 0. The molecule has 4 aromatic rings. The van der Waals surface area contributed by atoms with Crippen molar-refractivity contribution in [2.45, 2.75) is 44.2 Å². The van der Waals surface area contributed by atoms with Crippen LogP contribution in [0.2, 0.25) is 0 Å². The number of nitrogens with zero attached hydrogens (tertiary/aromatic N) is 5. The predicted octanol–water partition coefficient (Wildman–Crippen LogP) is 4.44. The lowest BCUT2D eigenvalue weighted by molar-refractivity contribution is 0.613. The highest BCUT2D eigenvalue weighted by Crippen LogP contribution is 2.29. The van der Waals surface area contributed by atoms with Gasteiger partial charge in [-0.15, -0.1) is 0 Å². The van der Waals surface area contributed by atoms with E-state index in [9.17, 15) is 0 Å². The van der Waals surface area contributed by atoms with E-state index < -0.39 is 0 Å². The number of aromatic nitrogens is 5. The summed E-state index contributed by atoms with van der Waals surface area (Å²) in [6.45, 7) is 2.14. The highest BCUT2D eigenvalue weighted by molar-refractivity contribution is 6.02. The van der Waals surface area contributed by atoms with E-state index in [1.165, 1.54) is 30.5 Å². The van der Waals surface area contributed by atoms with Gasteiger partial charge >= 0.3 is 0 Å². The first-order chi connectivity index (χ1) is 17.8. The van der Waals surface area contributed by atoms with E-state index in [2.05, 4.69) is 65.9 Å². The van der Waals surface area contributed by atoms with Gasteiger partial charge in [-0.1, -0.05) is 24.3 Å². The second-order valence-electron chi connectivity index (χ2n) is 9.83. The zero-order valence-electron chi connectivity index (χ0n) is 20.0. The van der Waals surface area contributed by atoms with Crippen molar-refractivity contribution in [1.82, 2.24) is 35.6 Å². The number of hydrogen-bond acceptors (Lipinski definition) is 7. The first-order valence-electron chi connectivity index (χ1n) is 12.8. The Labute approximate surface area is 209 Å². The zero-order valence-corrected chi connectivity index (χ0v) is 20.0. The smallest absolute Gasteiger partial charge is 0.178 e. The molecule has 0 bridgehead atoms. The molecule has 0 saturated carbocycles. The molecule has 8 nitrogen and oxygen atoms in total. The van der Waals surface area contributed by atoms with Crippen molar-refractivity contribution < 1.29 is 0 Å². The molecule has 2 atom stereocenters. The Morgan fingerprint density at radius 3 is 2.39 bits per heavy atom. The van der Waals surface area contributed by atoms with Crippen LogP contribution in [0.15, 0.2) is 60.1 Å². The number of fused-ring (bicyclic) bond motifs is 1. The number of rotatable bonds is 5. The van der Waals surface area contributed by atoms with Crippen molar-refractivity contribution >= 4 is 22.4 Å². The van der Waals surface area contributed by atoms with Crippen molar-refractivity contribution in [1.29, 1.82) is 0 Å². The van der Waals surface area contributed by atoms with Gasteiger partial charge in [0.25, 0.3) is 0 Å². The third kappa shape index (κ3) is 4.02. The molecule has 3 N–H and O–H groups in total. The molecule has 3 aliphatic heterocycles. The third-order valence-corrected chi connectivity index (χ3v) is 7.47. The summed E-state index contributed by atoms with van der Waals surface area (Å²) < 4.78 is 0. The van der Waals surface area contributed by atoms with Crippen molar-refractivity contribution in [3.63, 3.8) is 0 Å². The van der Waals surface area contributed by atoms with Gasteiger partial charge < -0.3 is 15.6 Å². The summed E-state index contributed by atoms with van der Waals surface area (Å²) in [5, 5.41) is 7.03. The molecule has 36 heavy (non-hydrogen) atoms. The summed E-state index contributed by atoms with van der Waals surface area (Å²) in [7, 11) is 0. The molecule has 2 saturated heterocycles. The fourth-order valence-electron chi connectivity index (χ4n) is 5.42. The summed E-state index contributed by atoms with van der Waals surface area (Å²) in [5.41, 5.74) is 8.90. The van der Waals surface area contributed by atoms with Gasteiger partial charge in [0.15, 0.2) is 5.65 Å². The van der Waals surface area contributed by atoms with Crippen molar-refractivity contribution in [2.24, 2.45) is 4.99 Å². The highest BCUT2D eigenvalue weighted by Gasteiger charge is 2.24. The Morgan fingerprint density at radius 2 is 1.58 bits per heavy atom. The van der Waals surface area contributed by atoms with Crippen LogP contribution in [0, 0.1) is 0 Å². The number of benzene rings is 1. The summed E-state index contributed by atoms with van der Waals surface area (Å²) in [6, 6.07) is 11.2. The Hall–Kier alpha value is -3.75. The lowest BCUT2D eigenvalue weighted by Crippen LogP contribution is -2.29. The van der Waals surface area contributed by atoms with E-state index in [4.69, 9.17) is 4.98 Å². The van der Waals surface area contributed by atoms with E-state index in [0.717, 1.165) is 65.4 Å². The van der Waals surface area contributed by atoms with Gasteiger partial charge in [0.05, 0.1) is 29.8 Å². The normalized spacial score (nSPS) is 21.8. The Morgan fingerprint density at radius 1 is 0.778 bits per heavy atom. The Bertz CT molecular complexity index is 1470. The van der Waals surface area contributed by atoms with Crippen LogP contribution in [0.5, 0.6) is 0 Å². The molecular formula is C28H28N8. The summed E-state index contributed by atoms with van der Waals surface area (Å²) in [4.78, 5) is 26.9. The van der Waals surface area contributed by atoms with Crippen LogP contribution in [0.3, 0.4) is 0 Å². The fourth-order valence-corrected chi connectivity index (χ4v) is 5.42. The SMILES string of the molecule is C1=C(c2cnc3nc(-c4ccc(-c5cnc([C@@H]6CCCN6)[nH]5)cc4)cnc3c2)CC([C@@H]2CCCN2)=N1. The molecule has 0 spiro atoms. The molecule has 3 aromatic heterocycles. The van der Waals surface area contributed by atoms with Gasteiger partial charge in [-0.3, -0.25) is 9.98 Å². The van der Waals surface area contributed by atoms with Gasteiger partial charge in [0, 0.05) is 41.7 Å². The van der Waals surface area contributed by atoms with Crippen LogP contribution in [0.1, 0.15) is 49.5 Å². The predicted molar refractivity (Wildman–Crippen MR) is 141 cm³/mol. The molecule has 3 aliphatic rings. The number of nitrogens with one attached hydrogen (secondary N) is 3. The molecule has 0 amide bonds. The number of imidazole rings is 1. The van der Waals surface area contributed by atoms with Crippen molar-refractivity contribution in [2.75, 3.05) is 13.1 Å². The summed E-state index contributed by atoms with van der Waals surface area (Å²) in [5.74, 6) is 1.02. The minimum Gasteiger partial charge on any atom is -0.341 e. The lowest BCUT2D eigenvalue weighted by atomic mass is 10.00. The van der Waals surface area contributed by atoms with Gasteiger partial charge in [0.1, 0.15) is 11.3 Å². The Kier molecular flexibility index (Phi) is 5.40. The van der Waals surface area contributed by atoms with Gasteiger partial charge in [-0.2, -0.15) is 0 Å². The largest absolute Gasteiger partial charge is 0.341 e. The molecule has 0 unspecified atom stereocenters. The van der Waals surface area contributed by atoms with E-state index in [0.29, 0.717) is 17.7 Å². The first kappa shape index (κ1) is 21.5. The number of H-pyrrole nitrogens is 1. The molecule has 1 aromatic carbocycles. The van der Waals surface area contributed by atoms with Crippen LogP contribution >= 0.6 is 0 Å². The maximum Gasteiger partial charge on any atom is 0.178 e. The maximum absolute atomic E-state index is 4.79. The minimum atomic E-state index is 0.336. The third-order valence-electron chi connectivity index (χ3n) is 7.47. The molecule has 2 fully saturated rings. The van der Waals surface area contributed by atoms with Gasteiger partial charge in [-0.05, 0) is 56.0 Å². The molecule has 0 aliphatic carbocycles. The first-order valence-corrected chi connectivity index (χ1v) is 12.8. The average Bonchev–Trinajstić information content (AvgIpc) is 3.75. The zero-order chi connectivity index (χ0) is 23.9. The van der Waals surface area contributed by atoms with E-state index in [1.54, 1.807) is 0 Å². The van der Waals surface area contributed by atoms with Crippen LogP contribution < -0.4 is 10.6 Å². The fraction of sp³-hybridized carbons (Fsp3) is 0.321. The topological polar surface area (TPSA) is 104 Å². The second kappa shape index (κ2) is 9.04. The molecular weight excluding hydrogens is 448 g/mol.